The van der Waals surface area contributed by atoms with Crippen LogP contribution in [0, 0.1) is 19.7 Å². The average molecular weight is 580 g/mol. The van der Waals surface area contributed by atoms with Gasteiger partial charge < -0.3 is 10.2 Å². The summed E-state index contributed by atoms with van der Waals surface area (Å²) in [4.78, 5) is 28.9. The lowest BCUT2D eigenvalue weighted by atomic mass is 9.95. The summed E-state index contributed by atoms with van der Waals surface area (Å²) in [7, 11) is -4.13. The van der Waals surface area contributed by atoms with E-state index < -0.39 is 34.3 Å². The smallest absolute Gasteiger partial charge is 0.264 e. The largest absolute Gasteiger partial charge is 0.352 e. The van der Waals surface area contributed by atoms with Crippen LogP contribution in [0.1, 0.15) is 55.7 Å². The number of amides is 2. The minimum absolute atomic E-state index is 0.0182. The Balaban J connectivity index is 1.69. The lowest BCUT2D eigenvalue weighted by molar-refractivity contribution is -0.139. The summed E-state index contributed by atoms with van der Waals surface area (Å²) in [6.45, 7) is 4.85. The average Bonchev–Trinajstić information content (AvgIpc) is 2.97. The van der Waals surface area contributed by atoms with Crippen molar-refractivity contribution in [3.63, 3.8) is 0 Å². The van der Waals surface area contributed by atoms with Crippen molar-refractivity contribution in [3.8, 4) is 0 Å². The van der Waals surface area contributed by atoms with E-state index in [1.54, 1.807) is 49.4 Å². The third kappa shape index (κ3) is 7.33. The number of carbonyl (C=O) groups excluding carboxylic acids is 2. The SMILES string of the molecule is Cc1cccc(N(CC(=O)N(Cc2ccc(F)cc2)[C@@H](C)C(=O)NC2CCCCC2)S(=O)(=O)c2ccccc2)c1C. The van der Waals surface area contributed by atoms with Gasteiger partial charge in [0.05, 0.1) is 10.6 Å². The first-order chi connectivity index (χ1) is 19.6. The van der Waals surface area contributed by atoms with Crippen LogP contribution in [0.15, 0.2) is 77.7 Å². The Bertz CT molecular complexity index is 1460. The van der Waals surface area contributed by atoms with E-state index in [0.717, 1.165) is 47.5 Å². The van der Waals surface area contributed by atoms with E-state index >= 15 is 0 Å². The molecule has 0 bridgehead atoms. The van der Waals surface area contributed by atoms with E-state index in [1.165, 1.54) is 29.2 Å². The van der Waals surface area contributed by atoms with Crippen LogP contribution in [0.5, 0.6) is 0 Å². The van der Waals surface area contributed by atoms with E-state index in [4.69, 9.17) is 0 Å². The molecule has 0 radical (unpaired) electrons. The van der Waals surface area contributed by atoms with Gasteiger partial charge in [-0.3, -0.25) is 13.9 Å². The molecule has 0 aliphatic heterocycles. The third-order valence-corrected chi connectivity index (χ3v) is 9.61. The molecule has 41 heavy (non-hydrogen) atoms. The molecule has 3 aromatic rings. The van der Waals surface area contributed by atoms with Crippen molar-refractivity contribution >= 4 is 27.5 Å². The molecule has 2 amide bonds. The summed E-state index contributed by atoms with van der Waals surface area (Å²) in [5, 5.41) is 3.08. The van der Waals surface area contributed by atoms with E-state index in [0.29, 0.717) is 11.3 Å². The minimum Gasteiger partial charge on any atom is -0.352 e. The molecule has 0 aromatic heterocycles. The quantitative estimate of drug-likeness (QED) is 0.344. The fourth-order valence-electron chi connectivity index (χ4n) is 5.18. The number of nitrogens with zero attached hydrogens (tertiary/aromatic N) is 2. The van der Waals surface area contributed by atoms with Crippen LogP contribution in [0.4, 0.5) is 10.1 Å². The predicted molar refractivity (Wildman–Crippen MR) is 158 cm³/mol. The lowest BCUT2D eigenvalue weighted by Crippen LogP contribution is -2.53. The highest BCUT2D eigenvalue weighted by Gasteiger charge is 2.33. The van der Waals surface area contributed by atoms with Crippen LogP contribution in [-0.4, -0.2) is 43.8 Å². The minimum atomic E-state index is -4.13. The number of aryl methyl sites for hydroxylation is 1. The monoisotopic (exact) mass is 579 g/mol. The molecule has 9 heteroatoms. The number of hydrogen-bond acceptors (Lipinski definition) is 4. The molecule has 1 saturated carbocycles. The van der Waals surface area contributed by atoms with Gasteiger partial charge in [0.1, 0.15) is 18.4 Å². The van der Waals surface area contributed by atoms with Crippen molar-refractivity contribution in [2.45, 2.75) is 76.4 Å². The molecule has 0 spiro atoms. The van der Waals surface area contributed by atoms with Gasteiger partial charge >= 0.3 is 0 Å². The van der Waals surface area contributed by atoms with Gasteiger partial charge in [-0.1, -0.05) is 61.7 Å². The molecule has 1 atom stereocenters. The van der Waals surface area contributed by atoms with E-state index in [9.17, 15) is 22.4 Å². The van der Waals surface area contributed by atoms with Crippen LogP contribution >= 0.6 is 0 Å². The Morgan fingerprint density at radius 3 is 2.24 bits per heavy atom. The highest BCUT2D eigenvalue weighted by Crippen LogP contribution is 2.29. The maximum absolute atomic E-state index is 14.1. The highest BCUT2D eigenvalue weighted by atomic mass is 32.2. The molecular weight excluding hydrogens is 541 g/mol. The van der Waals surface area contributed by atoms with Crippen molar-refractivity contribution in [3.05, 3.63) is 95.3 Å². The van der Waals surface area contributed by atoms with Gasteiger partial charge in [-0.15, -0.1) is 0 Å². The molecule has 4 rings (SSSR count). The van der Waals surface area contributed by atoms with Crippen molar-refractivity contribution in [1.29, 1.82) is 0 Å². The van der Waals surface area contributed by atoms with Crippen LogP contribution in [0.25, 0.3) is 0 Å². The van der Waals surface area contributed by atoms with Crippen LogP contribution in [-0.2, 0) is 26.2 Å². The Morgan fingerprint density at radius 2 is 1.59 bits per heavy atom. The summed E-state index contributed by atoms with van der Waals surface area (Å²) < 4.78 is 42.7. The van der Waals surface area contributed by atoms with Gasteiger partial charge in [-0.25, -0.2) is 12.8 Å². The summed E-state index contributed by atoms with van der Waals surface area (Å²) in [6.07, 6.45) is 5.00. The van der Waals surface area contributed by atoms with Crippen LogP contribution < -0.4 is 9.62 Å². The first kappa shape index (κ1) is 30.2. The van der Waals surface area contributed by atoms with Gasteiger partial charge in [-0.2, -0.15) is 0 Å². The number of rotatable bonds is 10. The molecule has 0 heterocycles. The topological polar surface area (TPSA) is 86.8 Å². The number of hydrogen-bond donors (Lipinski definition) is 1. The standard InChI is InChI=1S/C32H38FN3O4S/c1-23-11-10-16-30(24(23)2)36(41(39,40)29-14-8-5-9-15-29)22-31(37)35(21-26-17-19-27(33)20-18-26)25(3)32(38)34-28-12-6-4-7-13-28/h5,8-11,14-20,25,28H,4,6-7,12-13,21-22H2,1-3H3,(H,34,38)/t25-/m0/s1. The van der Waals surface area contributed by atoms with Gasteiger partial charge in [-0.05, 0) is 80.6 Å². The van der Waals surface area contributed by atoms with Crippen molar-refractivity contribution in [2.75, 3.05) is 10.8 Å². The number of benzene rings is 3. The summed E-state index contributed by atoms with van der Waals surface area (Å²) in [5.74, 6) is -1.25. The molecule has 7 nitrogen and oxygen atoms in total. The van der Waals surface area contributed by atoms with Crippen molar-refractivity contribution in [2.24, 2.45) is 0 Å². The van der Waals surface area contributed by atoms with Crippen LogP contribution in [0.3, 0.4) is 0 Å². The second kappa shape index (κ2) is 13.3. The second-order valence-corrected chi connectivity index (χ2v) is 12.6. The fourth-order valence-corrected chi connectivity index (χ4v) is 6.67. The molecule has 0 saturated heterocycles. The van der Waals surface area contributed by atoms with Crippen molar-refractivity contribution in [1.82, 2.24) is 10.2 Å². The first-order valence-electron chi connectivity index (χ1n) is 14.1. The zero-order chi connectivity index (χ0) is 29.6. The Hall–Kier alpha value is -3.72. The maximum Gasteiger partial charge on any atom is 0.264 e. The Labute approximate surface area is 242 Å². The second-order valence-electron chi connectivity index (χ2n) is 10.7. The highest BCUT2D eigenvalue weighted by molar-refractivity contribution is 7.92. The number of anilines is 1. The van der Waals surface area contributed by atoms with E-state index in [-0.39, 0.29) is 23.4 Å². The molecule has 0 unspecified atom stereocenters. The van der Waals surface area contributed by atoms with E-state index in [1.807, 2.05) is 19.9 Å². The zero-order valence-corrected chi connectivity index (χ0v) is 24.7. The predicted octanol–water partition coefficient (Wildman–Crippen LogP) is 5.50. The van der Waals surface area contributed by atoms with Gasteiger partial charge in [0, 0.05) is 12.6 Å². The molecule has 1 aliphatic carbocycles. The third-order valence-electron chi connectivity index (χ3n) is 7.84. The molecule has 3 aromatic carbocycles. The molecule has 1 aliphatic rings. The Kier molecular flexibility index (Phi) is 9.81. The number of carbonyl (C=O) groups is 2. The van der Waals surface area contributed by atoms with E-state index in [2.05, 4.69) is 5.32 Å². The lowest BCUT2D eigenvalue weighted by Gasteiger charge is -2.33. The van der Waals surface area contributed by atoms with Gasteiger partial charge in [0.15, 0.2) is 0 Å². The van der Waals surface area contributed by atoms with Gasteiger partial charge in [0.25, 0.3) is 10.0 Å². The zero-order valence-electron chi connectivity index (χ0n) is 23.8. The summed E-state index contributed by atoms with van der Waals surface area (Å²) >= 11 is 0. The molecule has 1 N–H and O–H groups in total. The van der Waals surface area contributed by atoms with Crippen LogP contribution in [0.2, 0.25) is 0 Å². The molecule has 1 fully saturated rings. The fraction of sp³-hybridized carbons (Fsp3) is 0.375. The molecular formula is C32H38FN3O4S. The summed E-state index contributed by atoms with van der Waals surface area (Å²) in [5.41, 5.74) is 2.63. The maximum atomic E-state index is 14.1. The van der Waals surface area contributed by atoms with Gasteiger partial charge in [0.2, 0.25) is 11.8 Å². The van der Waals surface area contributed by atoms with Crippen molar-refractivity contribution < 1.29 is 22.4 Å². The number of halogens is 1. The molecule has 218 valence electrons. The number of sulfonamides is 1. The normalized spacial score (nSPS) is 14.7. The number of nitrogens with one attached hydrogen (secondary N) is 1. The Morgan fingerprint density at radius 1 is 0.927 bits per heavy atom. The summed E-state index contributed by atoms with van der Waals surface area (Å²) in [6, 6.07) is 18.2. The first-order valence-corrected chi connectivity index (χ1v) is 15.5.